The van der Waals surface area contributed by atoms with Gasteiger partial charge in [0.25, 0.3) is 10.0 Å². The first-order valence-corrected chi connectivity index (χ1v) is 8.37. The van der Waals surface area contributed by atoms with Crippen LogP contribution < -0.4 is 0 Å². The number of hydrogen-bond acceptors (Lipinski definition) is 4. The quantitative estimate of drug-likeness (QED) is 0.792. The predicted octanol–water partition coefficient (Wildman–Crippen LogP) is 2.35. The van der Waals surface area contributed by atoms with Crippen molar-refractivity contribution in [3.05, 3.63) is 47.3 Å². The van der Waals surface area contributed by atoms with E-state index in [2.05, 4.69) is 5.10 Å². The summed E-state index contributed by atoms with van der Waals surface area (Å²) in [5.74, 6) is 0. The maximum absolute atomic E-state index is 12.9. The second-order valence-corrected chi connectivity index (χ2v) is 6.94. The zero-order valence-corrected chi connectivity index (χ0v) is 14.3. The number of benzene rings is 1. The molecule has 0 unspecified atom stereocenters. The van der Waals surface area contributed by atoms with E-state index >= 15 is 0 Å². The standard InChI is InChI=1S/C15H21N3O3S/c1-11-8-6-7-9-14(11)12(2)18(21-5)22(19,20)15-10-16-17(4)13(15)3/h6-10,12H,1-5H3/t12-/m0/s1. The third-order valence-corrected chi connectivity index (χ3v) is 5.74. The van der Waals surface area contributed by atoms with E-state index in [1.807, 2.05) is 31.2 Å². The fourth-order valence-corrected chi connectivity index (χ4v) is 4.07. The summed E-state index contributed by atoms with van der Waals surface area (Å²) in [6, 6.07) is 7.20. The smallest absolute Gasteiger partial charge is 0.268 e. The average Bonchev–Trinajstić information content (AvgIpc) is 2.80. The van der Waals surface area contributed by atoms with E-state index in [0.717, 1.165) is 15.6 Å². The molecule has 0 amide bonds. The highest BCUT2D eigenvalue weighted by molar-refractivity contribution is 7.89. The Balaban J connectivity index is 2.47. The van der Waals surface area contributed by atoms with Gasteiger partial charge in [-0.15, -0.1) is 0 Å². The number of rotatable bonds is 5. The van der Waals surface area contributed by atoms with E-state index in [1.165, 1.54) is 18.0 Å². The molecule has 2 aromatic rings. The van der Waals surface area contributed by atoms with Crippen molar-refractivity contribution < 1.29 is 13.3 Å². The highest BCUT2D eigenvalue weighted by Gasteiger charge is 2.33. The van der Waals surface area contributed by atoms with Crippen LogP contribution in [-0.4, -0.2) is 29.8 Å². The van der Waals surface area contributed by atoms with Crippen LogP contribution in [0, 0.1) is 13.8 Å². The van der Waals surface area contributed by atoms with Crippen LogP contribution in [0.2, 0.25) is 0 Å². The normalized spacial score (nSPS) is 13.5. The molecule has 0 bridgehead atoms. The van der Waals surface area contributed by atoms with Crippen molar-refractivity contribution in [3.63, 3.8) is 0 Å². The van der Waals surface area contributed by atoms with Crippen LogP contribution in [0.4, 0.5) is 0 Å². The van der Waals surface area contributed by atoms with Crippen molar-refractivity contribution >= 4 is 10.0 Å². The van der Waals surface area contributed by atoms with Gasteiger partial charge in [-0.3, -0.25) is 9.52 Å². The summed E-state index contributed by atoms with van der Waals surface area (Å²) < 4.78 is 28.3. The van der Waals surface area contributed by atoms with E-state index in [-0.39, 0.29) is 4.90 Å². The fourth-order valence-electron chi connectivity index (χ4n) is 2.46. The summed E-state index contributed by atoms with van der Waals surface area (Å²) in [7, 11) is -0.734. The Kier molecular flexibility index (Phi) is 4.69. The van der Waals surface area contributed by atoms with Crippen LogP contribution in [0.1, 0.15) is 29.8 Å². The lowest BCUT2D eigenvalue weighted by Crippen LogP contribution is -2.33. The number of hydroxylamine groups is 1. The van der Waals surface area contributed by atoms with Crippen molar-refractivity contribution in [2.75, 3.05) is 7.11 Å². The zero-order chi connectivity index (χ0) is 16.5. The van der Waals surface area contributed by atoms with Gasteiger partial charge in [-0.25, -0.2) is 8.42 Å². The molecular formula is C15H21N3O3S. The maximum Gasteiger partial charge on any atom is 0.268 e. The largest absolute Gasteiger partial charge is 0.287 e. The molecule has 22 heavy (non-hydrogen) atoms. The lowest BCUT2D eigenvalue weighted by atomic mass is 10.0. The van der Waals surface area contributed by atoms with Crippen molar-refractivity contribution in [2.45, 2.75) is 31.7 Å². The van der Waals surface area contributed by atoms with E-state index in [0.29, 0.717) is 5.69 Å². The Labute approximate surface area is 131 Å². The summed E-state index contributed by atoms with van der Waals surface area (Å²) in [5, 5.41) is 4.00. The SMILES string of the molecule is CON([C@@H](C)c1ccccc1C)S(=O)(=O)c1cnn(C)c1C. The molecule has 2 rings (SSSR count). The van der Waals surface area contributed by atoms with Crippen molar-refractivity contribution in [1.82, 2.24) is 14.2 Å². The van der Waals surface area contributed by atoms with Gasteiger partial charge in [0.2, 0.25) is 0 Å². The summed E-state index contributed by atoms with van der Waals surface area (Å²) in [6.45, 7) is 5.46. The van der Waals surface area contributed by atoms with Crippen LogP contribution >= 0.6 is 0 Å². The first kappa shape index (κ1) is 16.7. The molecule has 120 valence electrons. The molecule has 1 aromatic heterocycles. The Hall–Kier alpha value is -1.70. The topological polar surface area (TPSA) is 64.4 Å². The minimum atomic E-state index is -3.80. The number of sulfonamides is 1. The van der Waals surface area contributed by atoms with E-state index in [4.69, 9.17) is 4.84 Å². The van der Waals surface area contributed by atoms with Crippen molar-refractivity contribution in [2.24, 2.45) is 7.05 Å². The number of aromatic nitrogens is 2. The minimum Gasteiger partial charge on any atom is -0.287 e. The van der Waals surface area contributed by atoms with Crippen LogP contribution in [0.15, 0.2) is 35.4 Å². The molecule has 0 fully saturated rings. The van der Waals surface area contributed by atoms with E-state index in [9.17, 15) is 8.42 Å². The predicted molar refractivity (Wildman–Crippen MR) is 83.6 cm³/mol. The van der Waals surface area contributed by atoms with Gasteiger partial charge < -0.3 is 0 Å². The van der Waals surface area contributed by atoms with Crippen LogP contribution in [0.25, 0.3) is 0 Å². The Morgan fingerprint density at radius 3 is 2.41 bits per heavy atom. The Morgan fingerprint density at radius 1 is 1.27 bits per heavy atom. The summed E-state index contributed by atoms with van der Waals surface area (Å²) in [4.78, 5) is 5.36. The fraction of sp³-hybridized carbons (Fsp3) is 0.400. The van der Waals surface area contributed by atoms with Crippen LogP contribution in [-0.2, 0) is 21.9 Å². The third-order valence-electron chi connectivity index (χ3n) is 3.84. The third kappa shape index (κ3) is 2.79. The summed E-state index contributed by atoms with van der Waals surface area (Å²) >= 11 is 0. The van der Waals surface area contributed by atoms with Gasteiger partial charge in [-0.05, 0) is 31.9 Å². The van der Waals surface area contributed by atoms with Gasteiger partial charge in [0.1, 0.15) is 4.90 Å². The molecule has 6 nitrogen and oxygen atoms in total. The van der Waals surface area contributed by atoms with Gasteiger partial charge in [-0.2, -0.15) is 5.10 Å². The molecule has 1 aromatic carbocycles. The number of hydrogen-bond donors (Lipinski definition) is 0. The molecule has 0 N–H and O–H groups in total. The maximum atomic E-state index is 12.9. The average molecular weight is 323 g/mol. The minimum absolute atomic E-state index is 0.150. The second kappa shape index (κ2) is 6.20. The summed E-state index contributed by atoms with van der Waals surface area (Å²) in [6.07, 6.45) is 1.35. The van der Waals surface area contributed by atoms with Gasteiger partial charge in [-0.1, -0.05) is 28.7 Å². The number of aryl methyl sites for hydroxylation is 2. The molecule has 0 aliphatic carbocycles. The van der Waals surface area contributed by atoms with Gasteiger partial charge in [0.05, 0.1) is 25.0 Å². The van der Waals surface area contributed by atoms with Crippen molar-refractivity contribution in [3.8, 4) is 0 Å². The first-order valence-electron chi connectivity index (χ1n) is 6.93. The highest BCUT2D eigenvalue weighted by Crippen LogP contribution is 2.30. The Morgan fingerprint density at radius 2 is 1.91 bits per heavy atom. The molecule has 1 heterocycles. The van der Waals surface area contributed by atoms with Gasteiger partial charge in [0.15, 0.2) is 0 Å². The molecule has 0 radical (unpaired) electrons. The van der Waals surface area contributed by atoms with E-state index < -0.39 is 16.1 Å². The van der Waals surface area contributed by atoms with Gasteiger partial charge >= 0.3 is 0 Å². The van der Waals surface area contributed by atoms with Crippen LogP contribution in [0.3, 0.4) is 0 Å². The first-order chi connectivity index (χ1) is 10.3. The molecule has 0 saturated carbocycles. The monoisotopic (exact) mass is 323 g/mol. The van der Waals surface area contributed by atoms with E-state index in [1.54, 1.807) is 20.9 Å². The molecule has 1 atom stereocenters. The zero-order valence-electron chi connectivity index (χ0n) is 13.4. The molecule has 0 aliphatic rings. The molecule has 0 saturated heterocycles. The molecule has 7 heteroatoms. The number of nitrogens with zero attached hydrogens (tertiary/aromatic N) is 3. The second-order valence-electron chi connectivity index (χ2n) is 5.19. The van der Waals surface area contributed by atoms with Crippen molar-refractivity contribution in [1.29, 1.82) is 0 Å². The molecule has 0 aliphatic heterocycles. The highest BCUT2D eigenvalue weighted by atomic mass is 32.2. The lowest BCUT2D eigenvalue weighted by molar-refractivity contribution is -0.0774. The molecular weight excluding hydrogens is 302 g/mol. The van der Waals surface area contributed by atoms with Gasteiger partial charge in [0, 0.05) is 7.05 Å². The lowest BCUT2D eigenvalue weighted by Gasteiger charge is -2.27. The Bertz CT molecular complexity index is 768. The molecule has 0 spiro atoms. The summed E-state index contributed by atoms with van der Waals surface area (Å²) in [5.41, 5.74) is 2.48. The van der Waals surface area contributed by atoms with Crippen LogP contribution in [0.5, 0.6) is 0 Å².